The molecule has 1 fully saturated rings. The van der Waals surface area contributed by atoms with Gasteiger partial charge in [-0.25, -0.2) is 9.18 Å². The number of hydrogen-bond donors (Lipinski definition) is 1. The summed E-state index contributed by atoms with van der Waals surface area (Å²) < 4.78 is 24.9. The normalized spacial score (nSPS) is 18.7. The first-order valence-electron chi connectivity index (χ1n) is 7.77. The number of hydrogen-bond acceptors (Lipinski definition) is 4. The highest BCUT2D eigenvalue weighted by molar-refractivity contribution is 5.69. The lowest BCUT2D eigenvalue weighted by Gasteiger charge is -2.37. The average Bonchev–Trinajstić information content (AvgIpc) is 2.48. The van der Waals surface area contributed by atoms with E-state index < -0.39 is 11.7 Å². The molecule has 23 heavy (non-hydrogen) atoms. The van der Waals surface area contributed by atoms with Gasteiger partial charge in [-0.1, -0.05) is 0 Å². The largest absolute Gasteiger partial charge is 0.496 e. The van der Waals surface area contributed by atoms with Crippen LogP contribution in [0.3, 0.4) is 0 Å². The highest BCUT2D eigenvalue weighted by atomic mass is 19.1. The van der Waals surface area contributed by atoms with Crippen molar-refractivity contribution in [2.75, 3.05) is 26.7 Å². The van der Waals surface area contributed by atoms with Crippen LogP contribution in [-0.4, -0.2) is 43.3 Å². The van der Waals surface area contributed by atoms with Crippen LogP contribution in [0.2, 0.25) is 0 Å². The quantitative estimate of drug-likeness (QED) is 0.908. The summed E-state index contributed by atoms with van der Waals surface area (Å²) in [6.07, 6.45) is -0.396. The van der Waals surface area contributed by atoms with Gasteiger partial charge in [-0.15, -0.1) is 0 Å². The van der Waals surface area contributed by atoms with E-state index in [1.54, 1.807) is 25.0 Å². The molecule has 1 unspecified atom stereocenters. The lowest BCUT2D eigenvalue weighted by Crippen LogP contribution is -2.50. The number of halogens is 1. The Labute approximate surface area is 136 Å². The van der Waals surface area contributed by atoms with Crippen LogP contribution in [0.25, 0.3) is 0 Å². The minimum atomic E-state index is -0.574. The van der Waals surface area contributed by atoms with Crippen molar-refractivity contribution in [2.45, 2.75) is 39.3 Å². The van der Waals surface area contributed by atoms with Crippen molar-refractivity contribution in [3.8, 4) is 5.75 Å². The molecular formula is C17H25FN2O3. The average molecular weight is 324 g/mol. The number of rotatable bonds is 2. The minimum absolute atomic E-state index is 0.310. The maximum atomic E-state index is 14.0. The highest BCUT2D eigenvalue weighted by Gasteiger charge is 2.33. The number of nitrogens with one attached hydrogen (secondary N) is 1. The van der Waals surface area contributed by atoms with Gasteiger partial charge in [0.25, 0.3) is 0 Å². The number of benzene rings is 1. The van der Waals surface area contributed by atoms with E-state index >= 15 is 0 Å². The molecule has 0 bridgehead atoms. The number of ether oxygens (including phenoxy) is 2. The van der Waals surface area contributed by atoms with Gasteiger partial charge in [-0.05, 0) is 45.4 Å². The number of nitrogens with zero attached hydrogens (tertiary/aromatic N) is 1. The van der Waals surface area contributed by atoms with Crippen molar-refractivity contribution >= 4 is 6.09 Å². The Bertz CT molecular complexity index is 584. The lowest BCUT2D eigenvalue weighted by molar-refractivity contribution is 0.0115. The van der Waals surface area contributed by atoms with E-state index in [-0.39, 0.29) is 11.9 Å². The molecule has 2 rings (SSSR count). The maximum Gasteiger partial charge on any atom is 0.410 e. The van der Waals surface area contributed by atoms with Gasteiger partial charge in [-0.3, -0.25) is 4.90 Å². The van der Waals surface area contributed by atoms with E-state index in [0.29, 0.717) is 36.5 Å². The van der Waals surface area contributed by atoms with Crippen molar-refractivity contribution in [3.05, 3.63) is 29.1 Å². The summed E-state index contributed by atoms with van der Waals surface area (Å²) in [5.74, 6) is 0.265. The number of carbonyl (C=O) groups is 1. The van der Waals surface area contributed by atoms with Crippen molar-refractivity contribution in [3.63, 3.8) is 0 Å². The first-order chi connectivity index (χ1) is 10.7. The van der Waals surface area contributed by atoms with Gasteiger partial charge in [0.2, 0.25) is 0 Å². The maximum absolute atomic E-state index is 14.0. The van der Waals surface area contributed by atoms with Gasteiger partial charge < -0.3 is 14.8 Å². The standard InChI is InChI=1S/C17H25FN2O3/c1-11-8-15(22-5)12(9-13(11)18)14-10-19-6-7-20(14)16(21)23-17(2,3)4/h8-9,14,19H,6-7,10H2,1-5H3. The highest BCUT2D eigenvalue weighted by Crippen LogP contribution is 2.33. The first kappa shape index (κ1) is 17.5. The summed E-state index contributed by atoms with van der Waals surface area (Å²) in [4.78, 5) is 14.1. The van der Waals surface area contributed by atoms with E-state index in [1.165, 1.54) is 6.07 Å². The molecule has 5 nitrogen and oxygen atoms in total. The summed E-state index contributed by atoms with van der Waals surface area (Å²) in [6, 6.07) is 2.78. The zero-order valence-electron chi connectivity index (χ0n) is 14.4. The number of methoxy groups -OCH3 is 1. The van der Waals surface area contributed by atoms with Crippen LogP contribution in [0.4, 0.5) is 9.18 Å². The zero-order valence-corrected chi connectivity index (χ0v) is 14.4. The SMILES string of the molecule is COc1cc(C)c(F)cc1C1CNCCN1C(=O)OC(C)(C)C. The van der Waals surface area contributed by atoms with Crippen LogP contribution in [0, 0.1) is 12.7 Å². The van der Waals surface area contributed by atoms with Gasteiger partial charge >= 0.3 is 6.09 Å². The Morgan fingerprint density at radius 1 is 1.39 bits per heavy atom. The fourth-order valence-corrected chi connectivity index (χ4v) is 2.63. The van der Waals surface area contributed by atoms with E-state index in [2.05, 4.69) is 5.32 Å². The number of aryl methyl sites for hydroxylation is 1. The van der Waals surface area contributed by atoms with Crippen LogP contribution in [0.15, 0.2) is 12.1 Å². The fraction of sp³-hybridized carbons (Fsp3) is 0.588. The molecule has 1 aliphatic rings. The van der Waals surface area contributed by atoms with Crippen molar-refractivity contribution < 1.29 is 18.7 Å². The van der Waals surface area contributed by atoms with Crippen LogP contribution in [0.5, 0.6) is 5.75 Å². The van der Waals surface area contributed by atoms with Crippen LogP contribution >= 0.6 is 0 Å². The van der Waals surface area contributed by atoms with E-state index in [0.717, 1.165) is 0 Å². The molecule has 1 aromatic rings. The van der Waals surface area contributed by atoms with Gasteiger partial charge in [0.15, 0.2) is 0 Å². The third-order valence-electron chi connectivity index (χ3n) is 3.74. The molecule has 0 spiro atoms. The Kier molecular flexibility index (Phi) is 5.14. The topological polar surface area (TPSA) is 50.8 Å². The van der Waals surface area contributed by atoms with Gasteiger partial charge in [0.1, 0.15) is 17.2 Å². The molecule has 0 saturated carbocycles. The van der Waals surface area contributed by atoms with Gasteiger partial charge in [0, 0.05) is 25.2 Å². The molecule has 1 N–H and O–H groups in total. The Hall–Kier alpha value is -1.82. The van der Waals surface area contributed by atoms with Crippen LogP contribution < -0.4 is 10.1 Å². The van der Waals surface area contributed by atoms with Crippen molar-refractivity contribution in [1.82, 2.24) is 10.2 Å². The monoisotopic (exact) mass is 324 g/mol. The molecule has 1 amide bonds. The van der Waals surface area contributed by atoms with Gasteiger partial charge in [0.05, 0.1) is 13.2 Å². The second-order valence-electron chi connectivity index (χ2n) is 6.74. The number of amides is 1. The van der Waals surface area contributed by atoms with Crippen LogP contribution in [-0.2, 0) is 4.74 Å². The molecule has 1 aliphatic heterocycles. The van der Waals surface area contributed by atoms with Crippen molar-refractivity contribution in [2.24, 2.45) is 0 Å². The zero-order chi connectivity index (χ0) is 17.2. The Morgan fingerprint density at radius 2 is 2.09 bits per heavy atom. The summed E-state index contributed by atoms with van der Waals surface area (Å²) in [7, 11) is 1.55. The Morgan fingerprint density at radius 3 is 2.70 bits per heavy atom. The summed E-state index contributed by atoms with van der Waals surface area (Å²) in [6.45, 7) is 8.87. The van der Waals surface area contributed by atoms with Crippen LogP contribution in [0.1, 0.15) is 37.9 Å². The first-order valence-corrected chi connectivity index (χ1v) is 7.77. The van der Waals surface area contributed by atoms with Gasteiger partial charge in [-0.2, -0.15) is 0 Å². The molecule has 0 aromatic heterocycles. The number of carbonyl (C=O) groups excluding carboxylic acids is 1. The molecule has 128 valence electrons. The lowest BCUT2D eigenvalue weighted by atomic mass is 10.0. The molecule has 6 heteroatoms. The summed E-state index contributed by atoms with van der Waals surface area (Å²) in [5, 5.41) is 3.24. The predicted octanol–water partition coefficient (Wildman–Crippen LogP) is 3.02. The second kappa shape index (κ2) is 6.74. The minimum Gasteiger partial charge on any atom is -0.496 e. The molecule has 1 heterocycles. The summed E-state index contributed by atoms with van der Waals surface area (Å²) in [5.41, 5.74) is 0.585. The fourth-order valence-electron chi connectivity index (χ4n) is 2.63. The smallest absolute Gasteiger partial charge is 0.410 e. The molecule has 1 atom stereocenters. The summed E-state index contributed by atoms with van der Waals surface area (Å²) >= 11 is 0. The molecule has 1 aromatic carbocycles. The van der Waals surface area contributed by atoms with E-state index in [9.17, 15) is 9.18 Å². The predicted molar refractivity (Wildman–Crippen MR) is 86.2 cm³/mol. The number of piperazine rings is 1. The van der Waals surface area contributed by atoms with Crippen molar-refractivity contribution in [1.29, 1.82) is 0 Å². The Balaban J connectivity index is 2.35. The molecule has 0 radical (unpaired) electrons. The second-order valence-corrected chi connectivity index (χ2v) is 6.74. The third kappa shape index (κ3) is 4.13. The molecule has 1 saturated heterocycles. The molecule has 0 aliphatic carbocycles. The van der Waals surface area contributed by atoms with E-state index in [4.69, 9.17) is 9.47 Å². The third-order valence-corrected chi connectivity index (χ3v) is 3.74. The molecular weight excluding hydrogens is 299 g/mol. The van der Waals surface area contributed by atoms with E-state index in [1.807, 2.05) is 20.8 Å².